The molecule has 5 rings (SSSR count). The highest BCUT2D eigenvalue weighted by molar-refractivity contribution is 7.89. The largest absolute Gasteiger partial charge is 0.378 e. The van der Waals surface area contributed by atoms with E-state index < -0.39 is 10.0 Å². The van der Waals surface area contributed by atoms with E-state index in [0.717, 1.165) is 30.8 Å². The molecule has 0 amide bonds. The van der Waals surface area contributed by atoms with Crippen LogP contribution in [-0.2, 0) is 10.0 Å². The van der Waals surface area contributed by atoms with Crippen molar-refractivity contribution in [1.82, 2.24) is 14.2 Å². The lowest BCUT2D eigenvalue weighted by Gasteiger charge is -2.38. The van der Waals surface area contributed by atoms with Crippen molar-refractivity contribution in [3.63, 3.8) is 0 Å². The van der Waals surface area contributed by atoms with Crippen LogP contribution in [0, 0.1) is 5.92 Å². The molecule has 1 aromatic carbocycles. The molecule has 3 atom stereocenters. The van der Waals surface area contributed by atoms with Gasteiger partial charge >= 0.3 is 0 Å². The maximum Gasteiger partial charge on any atom is 0.243 e. The summed E-state index contributed by atoms with van der Waals surface area (Å²) in [4.78, 5) is 6.85. The van der Waals surface area contributed by atoms with E-state index in [0.29, 0.717) is 23.9 Å². The number of nitrogens with one attached hydrogen (secondary N) is 1. The van der Waals surface area contributed by atoms with Crippen molar-refractivity contribution in [1.29, 1.82) is 0 Å². The standard InChI is InChI=1S/C22H26N4O2S/c1-25-10-12-26(13-11-25)29(27,28)17-7-8-21-20(14-17)18-5-2-6-19(18)22(24-21)16-4-3-9-23-15-16/h2-5,7-9,14-15,18-19,22,24H,6,10-13H2,1H3. The predicted molar refractivity (Wildman–Crippen MR) is 113 cm³/mol. The van der Waals surface area contributed by atoms with Crippen molar-refractivity contribution in [2.24, 2.45) is 5.92 Å². The van der Waals surface area contributed by atoms with E-state index in [1.54, 1.807) is 16.6 Å². The Labute approximate surface area is 172 Å². The number of nitrogens with zero attached hydrogens (tertiary/aromatic N) is 3. The molecule has 1 fully saturated rings. The van der Waals surface area contributed by atoms with Gasteiger partial charge in [0.15, 0.2) is 0 Å². The van der Waals surface area contributed by atoms with Gasteiger partial charge in [-0.15, -0.1) is 0 Å². The average Bonchev–Trinajstić information content (AvgIpc) is 3.24. The quantitative estimate of drug-likeness (QED) is 0.789. The Morgan fingerprint density at radius 2 is 1.97 bits per heavy atom. The molecule has 0 spiro atoms. The lowest BCUT2D eigenvalue weighted by Crippen LogP contribution is -2.47. The number of piperazine rings is 1. The van der Waals surface area contributed by atoms with Crippen LogP contribution in [0.4, 0.5) is 5.69 Å². The van der Waals surface area contributed by atoms with Crippen LogP contribution in [0.1, 0.15) is 29.5 Å². The molecule has 3 aliphatic rings. The van der Waals surface area contributed by atoms with Crippen molar-refractivity contribution in [3.05, 3.63) is 66.0 Å². The van der Waals surface area contributed by atoms with Crippen LogP contribution in [0.2, 0.25) is 0 Å². The molecule has 1 saturated heterocycles. The van der Waals surface area contributed by atoms with Crippen LogP contribution in [0.5, 0.6) is 0 Å². The van der Waals surface area contributed by atoms with Crippen LogP contribution in [0.3, 0.4) is 0 Å². The highest BCUT2D eigenvalue weighted by Crippen LogP contribution is 2.50. The second kappa shape index (κ2) is 7.23. The maximum absolute atomic E-state index is 13.2. The predicted octanol–water partition coefficient (Wildman–Crippen LogP) is 2.84. The fourth-order valence-electron chi connectivity index (χ4n) is 4.80. The van der Waals surface area contributed by atoms with Crippen LogP contribution >= 0.6 is 0 Å². The summed E-state index contributed by atoms with van der Waals surface area (Å²) in [7, 11) is -1.44. The Balaban J connectivity index is 1.49. The van der Waals surface area contributed by atoms with E-state index in [-0.39, 0.29) is 12.0 Å². The number of hydrogen-bond acceptors (Lipinski definition) is 5. The summed E-state index contributed by atoms with van der Waals surface area (Å²) in [5.74, 6) is 0.590. The van der Waals surface area contributed by atoms with Crippen LogP contribution in [-0.4, -0.2) is 55.8 Å². The van der Waals surface area contributed by atoms with Crippen molar-refractivity contribution in [2.45, 2.75) is 23.3 Å². The van der Waals surface area contributed by atoms with Crippen molar-refractivity contribution in [3.8, 4) is 0 Å². The number of rotatable bonds is 3. The van der Waals surface area contributed by atoms with E-state index in [9.17, 15) is 8.42 Å². The van der Waals surface area contributed by atoms with Gasteiger partial charge in [0.1, 0.15) is 0 Å². The number of anilines is 1. The molecule has 1 aliphatic carbocycles. The van der Waals surface area contributed by atoms with E-state index in [1.807, 2.05) is 31.4 Å². The SMILES string of the molecule is CN1CCN(S(=O)(=O)c2ccc3c(c2)C2C=CCC2C(c2cccnc2)N3)CC1. The lowest BCUT2D eigenvalue weighted by molar-refractivity contribution is 0.222. The van der Waals surface area contributed by atoms with Gasteiger partial charge in [-0.05, 0) is 54.8 Å². The summed E-state index contributed by atoms with van der Waals surface area (Å²) < 4.78 is 28.1. The molecule has 6 nitrogen and oxygen atoms in total. The molecule has 2 aromatic rings. The Morgan fingerprint density at radius 1 is 1.14 bits per heavy atom. The third-order valence-corrected chi connectivity index (χ3v) is 8.37. The fourth-order valence-corrected chi connectivity index (χ4v) is 6.26. The molecule has 3 unspecified atom stereocenters. The first-order chi connectivity index (χ1) is 14.0. The number of hydrogen-bond donors (Lipinski definition) is 1. The minimum absolute atomic E-state index is 0.177. The monoisotopic (exact) mass is 410 g/mol. The van der Waals surface area contributed by atoms with Crippen LogP contribution in [0.25, 0.3) is 0 Å². The third kappa shape index (κ3) is 3.27. The molecule has 152 valence electrons. The summed E-state index contributed by atoms with van der Waals surface area (Å²) in [6.45, 7) is 2.63. The maximum atomic E-state index is 13.2. The molecule has 0 saturated carbocycles. The topological polar surface area (TPSA) is 65.5 Å². The fraction of sp³-hybridized carbons (Fsp3) is 0.409. The zero-order chi connectivity index (χ0) is 20.0. The van der Waals surface area contributed by atoms with Crippen LogP contribution in [0.15, 0.2) is 59.8 Å². The minimum atomic E-state index is -3.47. The van der Waals surface area contributed by atoms with Gasteiger partial charge in [0.05, 0.1) is 10.9 Å². The number of pyridine rings is 1. The zero-order valence-corrected chi connectivity index (χ0v) is 17.3. The normalized spacial score (nSPS) is 27.3. The number of allylic oxidation sites excluding steroid dienone is 2. The van der Waals surface area contributed by atoms with Gasteiger partial charge in [-0.1, -0.05) is 18.2 Å². The van der Waals surface area contributed by atoms with Crippen molar-refractivity contribution < 1.29 is 8.42 Å². The van der Waals surface area contributed by atoms with E-state index in [4.69, 9.17) is 0 Å². The first kappa shape index (κ1) is 18.8. The molecule has 29 heavy (non-hydrogen) atoms. The number of benzene rings is 1. The summed E-state index contributed by atoms with van der Waals surface area (Å²) in [5.41, 5.74) is 3.27. The number of likely N-dealkylation sites (N-methyl/N-ethyl adjacent to an activating group) is 1. The van der Waals surface area contributed by atoms with Gasteiger partial charge in [-0.3, -0.25) is 4.98 Å². The summed E-state index contributed by atoms with van der Waals surface area (Å²) in [6.07, 6.45) is 9.15. The molecular weight excluding hydrogens is 384 g/mol. The molecule has 1 N–H and O–H groups in total. The zero-order valence-electron chi connectivity index (χ0n) is 16.5. The Morgan fingerprint density at radius 3 is 2.72 bits per heavy atom. The van der Waals surface area contributed by atoms with Crippen molar-refractivity contribution >= 4 is 15.7 Å². The third-order valence-electron chi connectivity index (χ3n) is 6.48. The molecule has 0 bridgehead atoms. The summed E-state index contributed by atoms with van der Waals surface area (Å²) >= 11 is 0. The average molecular weight is 411 g/mol. The van der Waals surface area contributed by atoms with E-state index >= 15 is 0 Å². The van der Waals surface area contributed by atoms with E-state index in [1.165, 1.54) is 5.56 Å². The number of aromatic nitrogens is 1. The van der Waals surface area contributed by atoms with E-state index in [2.05, 4.69) is 33.4 Å². The Kier molecular flexibility index (Phi) is 4.69. The van der Waals surface area contributed by atoms with Crippen LogP contribution < -0.4 is 5.32 Å². The second-order valence-corrected chi connectivity index (χ2v) is 10.2. The molecule has 0 radical (unpaired) electrons. The highest BCUT2D eigenvalue weighted by Gasteiger charge is 2.39. The summed E-state index contributed by atoms with van der Waals surface area (Å²) in [5, 5.41) is 3.65. The Bertz CT molecular complexity index is 1030. The minimum Gasteiger partial charge on any atom is -0.378 e. The first-order valence-electron chi connectivity index (χ1n) is 10.2. The lowest BCUT2D eigenvalue weighted by atomic mass is 9.77. The molecule has 1 aromatic heterocycles. The van der Waals surface area contributed by atoms with Gasteiger partial charge < -0.3 is 10.2 Å². The molecular formula is C22H26N4O2S. The summed E-state index contributed by atoms with van der Waals surface area (Å²) in [6, 6.07) is 9.83. The molecule has 2 aliphatic heterocycles. The Hall–Kier alpha value is -2.22. The first-order valence-corrected chi connectivity index (χ1v) is 11.6. The van der Waals surface area contributed by atoms with Gasteiger partial charge in [0, 0.05) is 50.2 Å². The molecule has 7 heteroatoms. The van der Waals surface area contributed by atoms with Gasteiger partial charge in [-0.2, -0.15) is 4.31 Å². The second-order valence-electron chi connectivity index (χ2n) is 8.22. The smallest absolute Gasteiger partial charge is 0.243 e. The number of sulfonamides is 1. The highest BCUT2D eigenvalue weighted by atomic mass is 32.2. The van der Waals surface area contributed by atoms with Gasteiger partial charge in [0.25, 0.3) is 0 Å². The van der Waals surface area contributed by atoms with Gasteiger partial charge in [0.2, 0.25) is 10.0 Å². The molecule has 3 heterocycles. The van der Waals surface area contributed by atoms with Crippen molar-refractivity contribution in [2.75, 3.05) is 38.5 Å². The van der Waals surface area contributed by atoms with Gasteiger partial charge in [-0.25, -0.2) is 8.42 Å². The number of fused-ring (bicyclic) bond motifs is 3.